The lowest BCUT2D eigenvalue weighted by molar-refractivity contribution is -0.135. The molecule has 3 aromatic rings. The van der Waals surface area contributed by atoms with Crippen LogP contribution >= 0.6 is 0 Å². The number of benzene rings is 3. The van der Waals surface area contributed by atoms with Gasteiger partial charge in [-0.05, 0) is 54.5 Å². The number of nitrogens with zero attached hydrogens (tertiary/aromatic N) is 1. The Morgan fingerprint density at radius 2 is 1.67 bits per heavy atom. The minimum absolute atomic E-state index is 0.212. The molecule has 0 unspecified atom stereocenters. The Bertz CT molecular complexity index is 1230. The standard InChI is InChI=1S/C29H27NO3/c31-27(24-17-16-22-12-4-5-13-23(22)19-24)20-29(33)25-14-6-7-15-26(25)30(28(29)32)18-8-11-21-9-2-1-3-10-21/h1-3,6-11,14-17,19,33H,4-5,12-13,18,20H2/b11-8+/t29-/m1/s1. The van der Waals surface area contributed by atoms with Crippen LogP contribution in [-0.2, 0) is 23.2 Å². The number of amides is 1. The van der Waals surface area contributed by atoms with E-state index in [1.807, 2.05) is 72.8 Å². The molecule has 1 aliphatic heterocycles. The summed E-state index contributed by atoms with van der Waals surface area (Å²) in [6.07, 6.45) is 7.92. The summed E-state index contributed by atoms with van der Waals surface area (Å²) in [5.41, 5.74) is 3.41. The number of rotatable bonds is 6. The van der Waals surface area contributed by atoms with E-state index in [-0.39, 0.29) is 12.2 Å². The minimum atomic E-state index is -1.86. The number of carbonyl (C=O) groups excluding carboxylic acids is 2. The molecule has 33 heavy (non-hydrogen) atoms. The SMILES string of the molecule is O=C(C[C@]1(O)C(=O)N(C/C=C/c2ccccc2)c2ccccc21)c1ccc2c(c1)CCCC2. The Labute approximate surface area is 194 Å². The first-order valence-electron chi connectivity index (χ1n) is 11.6. The average Bonchev–Trinajstić information content (AvgIpc) is 3.06. The maximum Gasteiger partial charge on any atom is 0.264 e. The van der Waals surface area contributed by atoms with Crippen LogP contribution in [0.3, 0.4) is 0 Å². The second-order valence-electron chi connectivity index (χ2n) is 8.90. The van der Waals surface area contributed by atoms with Crippen LogP contribution in [0.2, 0.25) is 0 Å². The Hall–Kier alpha value is -3.50. The van der Waals surface area contributed by atoms with Gasteiger partial charge >= 0.3 is 0 Å². The third kappa shape index (κ3) is 4.03. The Balaban J connectivity index is 1.39. The van der Waals surface area contributed by atoms with E-state index in [9.17, 15) is 14.7 Å². The molecular formula is C29H27NO3. The lowest BCUT2D eigenvalue weighted by Crippen LogP contribution is -2.42. The number of hydrogen-bond acceptors (Lipinski definition) is 3. The van der Waals surface area contributed by atoms with E-state index in [2.05, 4.69) is 0 Å². The van der Waals surface area contributed by atoms with Crippen LogP contribution < -0.4 is 4.90 Å². The van der Waals surface area contributed by atoms with Crippen molar-refractivity contribution >= 4 is 23.5 Å². The highest BCUT2D eigenvalue weighted by Gasteiger charge is 2.50. The molecule has 1 atom stereocenters. The molecule has 2 aliphatic rings. The number of anilines is 1. The molecule has 166 valence electrons. The Morgan fingerprint density at radius 3 is 2.48 bits per heavy atom. The third-order valence-corrected chi connectivity index (χ3v) is 6.72. The maximum absolute atomic E-state index is 13.4. The fourth-order valence-corrected chi connectivity index (χ4v) is 4.96. The van der Waals surface area contributed by atoms with Crippen molar-refractivity contribution in [3.8, 4) is 0 Å². The monoisotopic (exact) mass is 437 g/mol. The zero-order valence-electron chi connectivity index (χ0n) is 18.5. The highest BCUT2D eigenvalue weighted by atomic mass is 16.3. The molecule has 0 saturated heterocycles. The summed E-state index contributed by atoms with van der Waals surface area (Å²) in [5, 5.41) is 11.5. The van der Waals surface area contributed by atoms with E-state index in [4.69, 9.17) is 0 Å². The van der Waals surface area contributed by atoms with E-state index in [1.54, 1.807) is 17.0 Å². The van der Waals surface area contributed by atoms with Crippen molar-refractivity contribution in [2.75, 3.05) is 11.4 Å². The molecule has 0 spiro atoms. The molecule has 1 N–H and O–H groups in total. The van der Waals surface area contributed by atoms with E-state index < -0.39 is 11.5 Å². The molecule has 0 saturated carbocycles. The second-order valence-corrected chi connectivity index (χ2v) is 8.90. The predicted octanol–water partition coefficient (Wildman–Crippen LogP) is 5.09. The van der Waals surface area contributed by atoms with Gasteiger partial charge in [0, 0.05) is 17.7 Å². The molecule has 4 nitrogen and oxygen atoms in total. The van der Waals surface area contributed by atoms with Crippen molar-refractivity contribution in [2.45, 2.75) is 37.7 Å². The number of carbonyl (C=O) groups is 2. The number of hydrogen-bond donors (Lipinski definition) is 1. The number of ketones is 1. The first kappa shape index (κ1) is 21.4. The van der Waals surface area contributed by atoms with E-state index in [0.717, 1.165) is 24.8 Å². The van der Waals surface area contributed by atoms with Crippen LogP contribution in [0.5, 0.6) is 0 Å². The summed E-state index contributed by atoms with van der Waals surface area (Å²) in [6.45, 7) is 0.320. The number of fused-ring (bicyclic) bond motifs is 2. The van der Waals surface area contributed by atoms with Crippen LogP contribution in [0.1, 0.15) is 51.9 Å². The Kier molecular flexibility index (Phi) is 5.69. The van der Waals surface area contributed by atoms with Gasteiger partial charge in [-0.2, -0.15) is 0 Å². The van der Waals surface area contributed by atoms with Crippen molar-refractivity contribution in [2.24, 2.45) is 0 Å². The number of Topliss-reactive ketones (excluding diaryl/α,β-unsaturated/α-hetero) is 1. The molecule has 0 bridgehead atoms. The van der Waals surface area contributed by atoms with E-state index >= 15 is 0 Å². The van der Waals surface area contributed by atoms with Crippen LogP contribution in [0.4, 0.5) is 5.69 Å². The quantitative estimate of drug-likeness (QED) is 0.547. The topological polar surface area (TPSA) is 57.6 Å². The summed E-state index contributed by atoms with van der Waals surface area (Å²) >= 11 is 0. The predicted molar refractivity (Wildman–Crippen MR) is 130 cm³/mol. The molecule has 0 radical (unpaired) electrons. The van der Waals surface area contributed by atoms with Gasteiger partial charge < -0.3 is 10.0 Å². The Morgan fingerprint density at radius 1 is 0.939 bits per heavy atom. The first-order valence-corrected chi connectivity index (χ1v) is 11.6. The van der Waals surface area contributed by atoms with Gasteiger partial charge in [0.15, 0.2) is 11.4 Å². The second kappa shape index (κ2) is 8.80. The van der Waals surface area contributed by atoms with Crippen LogP contribution in [0, 0.1) is 0 Å². The van der Waals surface area contributed by atoms with Gasteiger partial charge in [-0.15, -0.1) is 0 Å². The number of aryl methyl sites for hydroxylation is 2. The van der Waals surface area contributed by atoms with Crippen molar-refractivity contribution < 1.29 is 14.7 Å². The summed E-state index contributed by atoms with van der Waals surface area (Å²) in [4.78, 5) is 28.2. The van der Waals surface area contributed by atoms with Crippen LogP contribution in [-0.4, -0.2) is 23.3 Å². The van der Waals surface area contributed by atoms with Gasteiger partial charge in [0.25, 0.3) is 5.91 Å². The smallest absolute Gasteiger partial charge is 0.264 e. The zero-order chi connectivity index (χ0) is 22.8. The summed E-state index contributed by atoms with van der Waals surface area (Å²) < 4.78 is 0. The fourth-order valence-electron chi connectivity index (χ4n) is 4.96. The lowest BCUT2D eigenvalue weighted by atomic mass is 9.85. The number of aliphatic hydroxyl groups is 1. The molecule has 1 amide bonds. The molecule has 0 aromatic heterocycles. The highest BCUT2D eigenvalue weighted by molar-refractivity contribution is 6.11. The molecule has 5 rings (SSSR count). The fraction of sp³-hybridized carbons (Fsp3) is 0.241. The largest absolute Gasteiger partial charge is 0.375 e. The maximum atomic E-state index is 13.4. The van der Waals surface area contributed by atoms with E-state index in [1.165, 1.54) is 17.5 Å². The molecule has 1 aliphatic carbocycles. The third-order valence-electron chi connectivity index (χ3n) is 6.72. The van der Waals surface area contributed by atoms with Gasteiger partial charge in [0.1, 0.15) is 0 Å². The molecule has 4 heteroatoms. The van der Waals surface area contributed by atoms with Crippen molar-refractivity contribution in [3.63, 3.8) is 0 Å². The van der Waals surface area contributed by atoms with Gasteiger partial charge in [-0.3, -0.25) is 9.59 Å². The average molecular weight is 438 g/mol. The zero-order valence-corrected chi connectivity index (χ0v) is 18.5. The molecule has 0 fully saturated rings. The number of para-hydroxylation sites is 1. The van der Waals surface area contributed by atoms with Gasteiger partial charge in [0.2, 0.25) is 0 Å². The van der Waals surface area contributed by atoms with Gasteiger partial charge in [-0.25, -0.2) is 0 Å². The normalized spacial score (nSPS) is 19.5. The molecular weight excluding hydrogens is 410 g/mol. The first-order chi connectivity index (χ1) is 16.1. The minimum Gasteiger partial charge on any atom is -0.375 e. The van der Waals surface area contributed by atoms with E-state index in [0.29, 0.717) is 23.4 Å². The summed E-state index contributed by atoms with van der Waals surface area (Å²) in [6, 6.07) is 22.9. The molecule has 1 heterocycles. The summed E-state index contributed by atoms with van der Waals surface area (Å²) in [7, 11) is 0. The summed E-state index contributed by atoms with van der Waals surface area (Å²) in [5.74, 6) is -0.663. The van der Waals surface area contributed by atoms with Crippen LogP contribution in [0.25, 0.3) is 6.08 Å². The highest BCUT2D eigenvalue weighted by Crippen LogP contribution is 2.43. The van der Waals surface area contributed by atoms with Crippen LogP contribution in [0.15, 0.2) is 78.9 Å². The lowest BCUT2D eigenvalue weighted by Gasteiger charge is -2.23. The van der Waals surface area contributed by atoms with Crippen molar-refractivity contribution in [1.82, 2.24) is 0 Å². The molecule has 3 aromatic carbocycles. The van der Waals surface area contributed by atoms with Gasteiger partial charge in [0.05, 0.1) is 12.1 Å². The van der Waals surface area contributed by atoms with Gasteiger partial charge in [-0.1, -0.05) is 72.8 Å². The van der Waals surface area contributed by atoms with Crippen molar-refractivity contribution in [1.29, 1.82) is 0 Å². The van der Waals surface area contributed by atoms with Crippen molar-refractivity contribution in [3.05, 3.63) is 107 Å².